The summed E-state index contributed by atoms with van der Waals surface area (Å²) in [6, 6.07) is 6.10. The molecule has 1 aliphatic heterocycles. The lowest BCUT2D eigenvalue weighted by atomic mass is 10.0. The maximum absolute atomic E-state index is 12.8. The molecule has 2 heterocycles. The standard InChI is InChI=1S/C21H26N4O4S2/c1-23(2)31(28,29)16-8-6-15(7-9-16)21(27)25-12-10-24(11-13-25)14-19-22-17-4-3-5-18(26)20(17)30-19/h6-9H,3-5,10-14H2,1-2H3. The number of hydrogen-bond donors (Lipinski definition) is 0. The number of ketones is 1. The second-order valence-corrected chi connectivity index (χ2v) is 11.3. The highest BCUT2D eigenvalue weighted by Crippen LogP contribution is 2.27. The Kier molecular flexibility index (Phi) is 6.25. The fourth-order valence-electron chi connectivity index (χ4n) is 3.85. The third kappa shape index (κ3) is 4.57. The number of carbonyl (C=O) groups excluding carboxylic acids is 2. The number of benzene rings is 1. The van der Waals surface area contributed by atoms with Crippen LogP contribution >= 0.6 is 11.3 Å². The number of Topliss-reactive ketones (excluding diaryl/α,β-unsaturated/α-hetero) is 1. The summed E-state index contributed by atoms with van der Waals surface area (Å²) in [4.78, 5) is 34.6. The molecule has 0 spiro atoms. The molecule has 166 valence electrons. The lowest BCUT2D eigenvalue weighted by Gasteiger charge is -2.34. The second kappa shape index (κ2) is 8.78. The highest BCUT2D eigenvalue weighted by molar-refractivity contribution is 7.89. The Labute approximate surface area is 186 Å². The topological polar surface area (TPSA) is 90.9 Å². The zero-order chi connectivity index (χ0) is 22.2. The van der Waals surface area contributed by atoms with E-state index in [0.29, 0.717) is 31.6 Å². The summed E-state index contributed by atoms with van der Waals surface area (Å²) < 4.78 is 25.5. The predicted octanol–water partition coefficient (Wildman–Crippen LogP) is 1.87. The minimum atomic E-state index is -3.51. The van der Waals surface area contributed by atoms with Crippen LogP contribution in [0.4, 0.5) is 0 Å². The van der Waals surface area contributed by atoms with Crippen LogP contribution in [0.3, 0.4) is 0 Å². The minimum absolute atomic E-state index is 0.0937. The normalized spacial score (nSPS) is 17.8. The number of amides is 1. The van der Waals surface area contributed by atoms with E-state index in [0.717, 1.165) is 45.8 Å². The van der Waals surface area contributed by atoms with Crippen LogP contribution in [0.15, 0.2) is 29.2 Å². The van der Waals surface area contributed by atoms with Gasteiger partial charge in [0.2, 0.25) is 10.0 Å². The smallest absolute Gasteiger partial charge is 0.253 e. The summed E-state index contributed by atoms with van der Waals surface area (Å²) in [5, 5.41) is 0.970. The summed E-state index contributed by atoms with van der Waals surface area (Å²) in [6.45, 7) is 3.36. The first-order valence-corrected chi connectivity index (χ1v) is 12.6. The van der Waals surface area contributed by atoms with Crippen LogP contribution in [0.25, 0.3) is 0 Å². The van der Waals surface area contributed by atoms with Crippen molar-refractivity contribution in [3.8, 4) is 0 Å². The van der Waals surface area contributed by atoms with Crippen molar-refractivity contribution in [1.29, 1.82) is 0 Å². The summed E-state index contributed by atoms with van der Waals surface area (Å²) in [7, 11) is -0.553. The fourth-order valence-corrected chi connectivity index (χ4v) is 5.87. The van der Waals surface area contributed by atoms with Crippen molar-refractivity contribution in [3.63, 3.8) is 0 Å². The fraction of sp³-hybridized carbons (Fsp3) is 0.476. The molecule has 1 fully saturated rings. The van der Waals surface area contributed by atoms with Gasteiger partial charge in [0.1, 0.15) is 5.01 Å². The van der Waals surface area contributed by atoms with Crippen LogP contribution in [0, 0.1) is 0 Å². The van der Waals surface area contributed by atoms with E-state index >= 15 is 0 Å². The molecule has 0 bridgehead atoms. The van der Waals surface area contributed by atoms with Gasteiger partial charge in [0.05, 0.1) is 22.0 Å². The van der Waals surface area contributed by atoms with Crippen LogP contribution in [-0.4, -0.2) is 79.5 Å². The Morgan fingerprint density at radius 1 is 1.10 bits per heavy atom. The van der Waals surface area contributed by atoms with E-state index < -0.39 is 10.0 Å². The van der Waals surface area contributed by atoms with E-state index in [2.05, 4.69) is 9.88 Å². The van der Waals surface area contributed by atoms with E-state index in [4.69, 9.17) is 0 Å². The number of sulfonamides is 1. The molecule has 0 N–H and O–H groups in total. The first-order valence-electron chi connectivity index (χ1n) is 10.3. The average Bonchev–Trinajstić information content (AvgIpc) is 3.17. The van der Waals surface area contributed by atoms with Gasteiger partial charge >= 0.3 is 0 Å². The monoisotopic (exact) mass is 462 g/mol. The summed E-state index contributed by atoms with van der Waals surface area (Å²) in [5.41, 5.74) is 1.43. The van der Waals surface area contributed by atoms with Crippen molar-refractivity contribution in [2.75, 3.05) is 40.3 Å². The van der Waals surface area contributed by atoms with Gasteiger partial charge in [-0.1, -0.05) is 0 Å². The van der Waals surface area contributed by atoms with Gasteiger partial charge in [0.15, 0.2) is 5.78 Å². The van der Waals surface area contributed by atoms with Crippen molar-refractivity contribution in [2.24, 2.45) is 0 Å². The molecule has 1 saturated heterocycles. The summed E-state index contributed by atoms with van der Waals surface area (Å²) in [6.07, 6.45) is 2.39. The Bertz CT molecular complexity index is 1090. The molecule has 8 nitrogen and oxygen atoms in total. The van der Waals surface area contributed by atoms with Gasteiger partial charge < -0.3 is 4.90 Å². The van der Waals surface area contributed by atoms with Crippen molar-refractivity contribution >= 4 is 33.1 Å². The third-order valence-corrected chi connectivity index (χ3v) is 8.66. The Morgan fingerprint density at radius 3 is 2.39 bits per heavy atom. The lowest BCUT2D eigenvalue weighted by Crippen LogP contribution is -2.48. The lowest BCUT2D eigenvalue weighted by molar-refractivity contribution is 0.0628. The molecule has 31 heavy (non-hydrogen) atoms. The second-order valence-electron chi connectivity index (χ2n) is 8.04. The van der Waals surface area contributed by atoms with Gasteiger partial charge in [0.25, 0.3) is 5.91 Å². The van der Waals surface area contributed by atoms with Gasteiger partial charge in [0, 0.05) is 52.3 Å². The van der Waals surface area contributed by atoms with E-state index in [1.165, 1.54) is 37.6 Å². The molecule has 0 radical (unpaired) electrons. The molecule has 1 aromatic heterocycles. The average molecular weight is 463 g/mol. The minimum Gasteiger partial charge on any atom is -0.336 e. The van der Waals surface area contributed by atoms with Crippen molar-refractivity contribution in [2.45, 2.75) is 30.7 Å². The number of rotatable bonds is 5. The zero-order valence-corrected chi connectivity index (χ0v) is 19.3. The van der Waals surface area contributed by atoms with Crippen LogP contribution < -0.4 is 0 Å². The molecule has 0 atom stereocenters. The first-order chi connectivity index (χ1) is 14.8. The first kappa shape index (κ1) is 22.1. The number of hydrogen-bond acceptors (Lipinski definition) is 7. The summed E-state index contributed by atoms with van der Waals surface area (Å²) in [5.74, 6) is 0.119. The van der Waals surface area contributed by atoms with E-state index in [1.807, 2.05) is 0 Å². The number of fused-ring (bicyclic) bond motifs is 1. The Hall–Kier alpha value is -2.14. The largest absolute Gasteiger partial charge is 0.336 e. The van der Waals surface area contributed by atoms with Crippen LogP contribution in [0.2, 0.25) is 0 Å². The molecule has 2 aromatic rings. The number of piperazine rings is 1. The van der Waals surface area contributed by atoms with Crippen LogP contribution in [0.5, 0.6) is 0 Å². The van der Waals surface area contributed by atoms with Gasteiger partial charge in [-0.2, -0.15) is 0 Å². The molecule has 4 rings (SSSR count). The van der Waals surface area contributed by atoms with Crippen LogP contribution in [0.1, 0.15) is 43.6 Å². The molecule has 0 saturated carbocycles. The number of carbonyl (C=O) groups is 2. The quantitative estimate of drug-likeness (QED) is 0.674. The Balaban J connectivity index is 1.34. The highest BCUT2D eigenvalue weighted by atomic mass is 32.2. The molecule has 1 amide bonds. The molecule has 1 aromatic carbocycles. The van der Waals surface area contributed by atoms with Gasteiger partial charge in [-0.05, 0) is 37.1 Å². The van der Waals surface area contributed by atoms with E-state index in [9.17, 15) is 18.0 Å². The maximum Gasteiger partial charge on any atom is 0.253 e. The van der Waals surface area contributed by atoms with Gasteiger partial charge in [-0.15, -0.1) is 11.3 Å². The van der Waals surface area contributed by atoms with Crippen molar-refractivity contribution < 1.29 is 18.0 Å². The molecule has 2 aliphatic rings. The molecule has 1 aliphatic carbocycles. The maximum atomic E-state index is 12.8. The van der Waals surface area contributed by atoms with E-state index in [1.54, 1.807) is 17.0 Å². The number of aromatic nitrogens is 1. The molecular weight excluding hydrogens is 436 g/mol. The molecule has 0 unspecified atom stereocenters. The summed E-state index contributed by atoms with van der Waals surface area (Å²) >= 11 is 1.51. The number of nitrogens with zero attached hydrogens (tertiary/aromatic N) is 4. The SMILES string of the molecule is CN(C)S(=O)(=O)c1ccc(C(=O)N2CCN(Cc3nc4c(s3)C(=O)CCC4)CC2)cc1. The Morgan fingerprint density at radius 2 is 1.77 bits per heavy atom. The number of aryl methyl sites for hydroxylation is 1. The zero-order valence-electron chi connectivity index (χ0n) is 17.7. The highest BCUT2D eigenvalue weighted by Gasteiger charge is 2.26. The van der Waals surface area contributed by atoms with Crippen LogP contribution in [-0.2, 0) is 23.0 Å². The van der Waals surface area contributed by atoms with Gasteiger partial charge in [-0.25, -0.2) is 17.7 Å². The van der Waals surface area contributed by atoms with Gasteiger partial charge in [-0.3, -0.25) is 14.5 Å². The van der Waals surface area contributed by atoms with E-state index in [-0.39, 0.29) is 16.6 Å². The van der Waals surface area contributed by atoms with Crippen molar-refractivity contribution in [1.82, 2.24) is 19.1 Å². The molecular formula is C21H26N4O4S2. The number of thiazole rings is 1. The third-order valence-electron chi connectivity index (χ3n) is 5.71. The molecule has 10 heteroatoms. The van der Waals surface area contributed by atoms with Crippen molar-refractivity contribution in [3.05, 3.63) is 45.4 Å². The predicted molar refractivity (Wildman–Crippen MR) is 118 cm³/mol.